The summed E-state index contributed by atoms with van der Waals surface area (Å²) in [4.78, 5) is 14.4. The maximum absolute atomic E-state index is 12.5. The molecule has 0 saturated carbocycles. The van der Waals surface area contributed by atoms with E-state index in [1.165, 1.54) is 0 Å². The Labute approximate surface area is 147 Å². The first-order chi connectivity index (χ1) is 12.3. The fourth-order valence-corrected chi connectivity index (χ4v) is 3.60. The highest BCUT2D eigenvalue weighted by Crippen LogP contribution is 2.25. The Morgan fingerprint density at radius 1 is 1.12 bits per heavy atom. The topological polar surface area (TPSA) is 48.0 Å². The minimum atomic E-state index is -0.156. The number of nitrogens with zero attached hydrogens (tertiary/aromatic N) is 1. The smallest absolute Gasteiger partial charge is 0.260 e. The Kier molecular flexibility index (Phi) is 4.85. The van der Waals surface area contributed by atoms with E-state index in [0.29, 0.717) is 19.8 Å². The van der Waals surface area contributed by atoms with E-state index >= 15 is 0 Å². The molecule has 2 fully saturated rings. The lowest BCUT2D eigenvalue weighted by Crippen LogP contribution is -2.45. The van der Waals surface area contributed by atoms with Gasteiger partial charge < -0.3 is 19.1 Å². The first-order valence-electron chi connectivity index (χ1n) is 8.92. The van der Waals surface area contributed by atoms with Gasteiger partial charge in [-0.15, -0.1) is 0 Å². The molecule has 2 aliphatic rings. The Morgan fingerprint density at radius 3 is 2.76 bits per heavy atom. The van der Waals surface area contributed by atoms with Gasteiger partial charge in [0.25, 0.3) is 5.91 Å². The first kappa shape index (κ1) is 16.4. The van der Waals surface area contributed by atoms with Crippen LogP contribution in [0.15, 0.2) is 42.5 Å². The van der Waals surface area contributed by atoms with Crippen molar-refractivity contribution < 1.29 is 19.0 Å². The van der Waals surface area contributed by atoms with Crippen LogP contribution in [0, 0.1) is 5.92 Å². The zero-order valence-corrected chi connectivity index (χ0v) is 14.2. The highest BCUT2D eigenvalue weighted by molar-refractivity contribution is 5.84. The number of fused-ring (bicyclic) bond motifs is 1. The average molecular weight is 341 g/mol. The fourth-order valence-electron chi connectivity index (χ4n) is 3.60. The molecule has 2 heterocycles. The van der Waals surface area contributed by atoms with Crippen molar-refractivity contribution in [3.63, 3.8) is 0 Å². The molecule has 0 radical (unpaired) electrons. The van der Waals surface area contributed by atoms with E-state index in [0.717, 1.165) is 35.9 Å². The van der Waals surface area contributed by atoms with Gasteiger partial charge in [0.05, 0.1) is 13.2 Å². The third-order valence-electron chi connectivity index (χ3n) is 4.93. The van der Waals surface area contributed by atoms with E-state index in [1.54, 1.807) is 0 Å². The van der Waals surface area contributed by atoms with Crippen molar-refractivity contribution in [1.29, 1.82) is 0 Å². The molecule has 0 spiro atoms. The zero-order valence-electron chi connectivity index (χ0n) is 14.2. The number of carbonyl (C=O) groups excluding carboxylic acids is 1. The first-order valence-corrected chi connectivity index (χ1v) is 8.92. The number of likely N-dealkylation sites (tertiary alicyclic amines) is 1. The van der Waals surface area contributed by atoms with Crippen LogP contribution in [0.4, 0.5) is 0 Å². The molecule has 0 aromatic heterocycles. The van der Waals surface area contributed by atoms with Gasteiger partial charge in [0.15, 0.2) is 12.9 Å². The summed E-state index contributed by atoms with van der Waals surface area (Å²) in [5, 5.41) is 2.28. The summed E-state index contributed by atoms with van der Waals surface area (Å²) in [6, 6.07) is 14.0. The summed E-state index contributed by atoms with van der Waals surface area (Å²) in [5.74, 6) is 1.01. The number of ether oxygens (including phenoxy) is 3. The number of rotatable bonds is 4. The lowest BCUT2D eigenvalue weighted by atomic mass is 9.97. The molecule has 0 bridgehead atoms. The molecule has 5 nitrogen and oxygen atoms in total. The van der Waals surface area contributed by atoms with Crippen molar-refractivity contribution in [2.24, 2.45) is 5.92 Å². The monoisotopic (exact) mass is 341 g/mol. The van der Waals surface area contributed by atoms with Gasteiger partial charge in [-0.1, -0.05) is 30.3 Å². The van der Waals surface area contributed by atoms with Crippen LogP contribution < -0.4 is 4.74 Å². The molecule has 2 saturated heterocycles. The summed E-state index contributed by atoms with van der Waals surface area (Å²) in [6.07, 6.45) is 1.87. The molecule has 2 aromatic rings. The number of hydrogen-bond donors (Lipinski definition) is 0. The summed E-state index contributed by atoms with van der Waals surface area (Å²) < 4.78 is 16.9. The van der Waals surface area contributed by atoms with Crippen LogP contribution in [-0.2, 0) is 14.3 Å². The summed E-state index contributed by atoms with van der Waals surface area (Å²) >= 11 is 0. The number of hydrogen-bond acceptors (Lipinski definition) is 4. The van der Waals surface area contributed by atoms with Gasteiger partial charge in [-0.3, -0.25) is 4.79 Å². The maximum atomic E-state index is 12.5. The van der Waals surface area contributed by atoms with E-state index < -0.39 is 0 Å². The Morgan fingerprint density at radius 2 is 1.92 bits per heavy atom. The quantitative estimate of drug-likeness (QED) is 0.858. The molecule has 1 atom stereocenters. The van der Waals surface area contributed by atoms with E-state index in [1.807, 2.05) is 41.3 Å². The summed E-state index contributed by atoms with van der Waals surface area (Å²) in [7, 11) is 0. The van der Waals surface area contributed by atoms with E-state index in [4.69, 9.17) is 14.2 Å². The van der Waals surface area contributed by atoms with Gasteiger partial charge in [0.2, 0.25) is 0 Å². The number of benzene rings is 2. The average Bonchev–Trinajstić information content (AvgIpc) is 3.21. The van der Waals surface area contributed by atoms with Crippen LogP contribution in [-0.4, -0.2) is 50.0 Å². The van der Waals surface area contributed by atoms with Crippen LogP contribution in [0.2, 0.25) is 0 Å². The molecule has 25 heavy (non-hydrogen) atoms. The molecular formula is C20H23NO4. The van der Waals surface area contributed by atoms with Crippen molar-refractivity contribution in [1.82, 2.24) is 4.90 Å². The second-order valence-electron chi connectivity index (χ2n) is 6.65. The predicted molar refractivity (Wildman–Crippen MR) is 94.4 cm³/mol. The largest absolute Gasteiger partial charge is 0.484 e. The third kappa shape index (κ3) is 3.78. The summed E-state index contributed by atoms with van der Waals surface area (Å²) in [5.41, 5.74) is 0. The van der Waals surface area contributed by atoms with Crippen molar-refractivity contribution >= 4 is 16.7 Å². The van der Waals surface area contributed by atoms with Crippen LogP contribution in [0.5, 0.6) is 5.75 Å². The third-order valence-corrected chi connectivity index (χ3v) is 4.93. The van der Waals surface area contributed by atoms with Gasteiger partial charge in [-0.05, 0) is 35.7 Å². The molecule has 2 aromatic carbocycles. The lowest BCUT2D eigenvalue weighted by molar-refractivity contribution is -0.141. The van der Waals surface area contributed by atoms with E-state index in [9.17, 15) is 4.79 Å². The fraction of sp³-hybridized carbons (Fsp3) is 0.450. The molecule has 1 unspecified atom stereocenters. The molecule has 1 amide bonds. The second kappa shape index (κ2) is 7.42. The zero-order chi connectivity index (χ0) is 17.1. The molecular weight excluding hydrogens is 318 g/mol. The lowest BCUT2D eigenvalue weighted by Gasteiger charge is -2.34. The minimum Gasteiger partial charge on any atom is -0.484 e. The van der Waals surface area contributed by atoms with Gasteiger partial charge in [0.1, 0.15) is 5.75 Å². The molecule has 132 valence electrons. The van der Waals surface area contributed by atoms with Crippen LogP contribution in [0.3, 0.4) is 0 Å². The van der Waals surface area contributed by atoms with Crippen molar-refractivity contribution in [3.8, 4) is 5.75 Å². The molecule has 0 aliphatic carbocycles. The molecule has 0 N–H and O–H groups in total. The van der Waals surface area contributed by atoms with Gasteiger partial charge in [-0.25, -0.2) is 0 Å². The minimum absolute atomic E-state index is 0.0239. The molecule has 4 rings (SSSR count). The number of piperidine rings is 1. The van der Waals surface area contributed by atoms with Gasteiger partial charge >= 0.3 is 0 Å². The van der Waals surface area contributed by atoms with E-state index in [-0.39, 0.29) is 24.7 Å². The van der Waals surface area contributed by atoms with E-state index in [2.05, 4.69) is 6.07 Å². The Balaban J connectivity index is 1.34. The Hall–Kier alpha value is -2.11. The number of carbonyl (C=O) groups is 1. The maximum Gasteiger partial charge on any atom is 0.260 e. The highest BCUT2D eigenvalue weighted by atomic mass is 16.7. The number of amides is 1. The highest BCUT2D eigenvalue weighted by Gasteiger charge is 2.32. The summed E-state index contributed by atoms with van der Waals surface area (Å²) in [6.45, 7) is 2.84. The second-order valence-corrected chi connectivity index (χ2v) is 6.65. The molecule has 2 aliphatic heterocycles. The van der Waals surface area contributed by atoms with Crippen LogP contribution >= 0.6 is 0 Å². The van der Waals surface area contributed by atoms with Gasteiger partial charge in [0, 0.05) is 19.0 Å². The SMILES string of the molecule is O=C(COc1ccc2ccccc2c1)N1CCCC(C2OCCO2)C1. The molecule has 5 heteroatoms. The predicted octanol–water partition coefficient (Wildman–Crippen LogP) is 2.83. The Bertz CT molecular complexity index is 741. The van der Waals surface area contributed by atoms with Crippen LogP contribution in [0.25, 0.3) is 10.8 Å². The van der Waals surface area contributed by atoms with Crippen LogP contribution in [0.1, 0.15) is 12.8 Å². The van der Waals surface area contributed by atoms with Crippen molar-refractivity contribution in [3.05, 3.63) is 42.5 Å². The van der Waals surface area contributed by atoms with Crippen molar-refractivity contribution in [2.75, 3.05) is 32.9 Å². The van der Waals surface area contributed by atoms with Crippen molar-refractivity contribution in [2.45, 2.75) is 19.1 Å². The normalized spacial score (nSPS) is 21.6. The van der Waals surface area contributed by atoms with Gasteiger partial charge in [-0.2, -0.15) is 0 Å². The standard InChI is InChI=1S/C20H23NO4/c22-19(21-9-3-6-17(13-21)20-23-10-11-24-20)14-25-18-8-7-15-4-1-2-5-16(15)12-18/h1-2,4-5,7-8,12,17,20H,3,6,9-11,13-14H2.